The van der Waals surface area contributed by atoms with E-state index in [0.29, 0.717) is 23.6 Å². The van der Waals surface area contributed by atoms with E-state index >= 15 is 0 Å². The fraction of sp³-hybridized carbons (Fsp3) is 0.182. The third-order valence-electron chi connectivity index (χ3n) is 6.76. The predicted molar refractivity (Wildman–Crippen MR) is 160 cm³/mol. The maximum atomic E-state index is 12.5. The molecule has 1 aromatic heterocycles. The lowest BCUT2D eigenvalue weighted by molar-refractivity contribution is 0.0952. The summed E-state index contributed by atoms with van der Waals surface area (Å²) in [5.41, 5.74) is 5.94. The van der Waals surface area contributed by atoms with Gasteiger partial charge >= 0.3 is 0 Å². The highest BCUT2D eigenvalue weighted by atomic mass is 16.5. The summed E-state index contributed by atoms with van der Waals surface area (Å²) in [6.07, 6.45) is 4.36. The maximum Gasteiger partial charge on any atom is 0.251 e. The van der Waals surface area contributed by atoms with Gasteiger partial charge in [0.1, 0.15) is 12.1 Å². The zero-order valence-corrected chi connectivity index (χ0v) is 22.7. The van der Waals surface area contributed by atoms with Crippen molar-refractivity contribution in [2.75, 3.05) is 26.1 Å². The lowest BCUT2D eigenvalue weighted by atomic mass is 9.99. The average Bonchev–Trinajstić information content (AvgIpc) is 3.01. The van der Waals surface area contributed by atoms with Gasteiger partial charge in [-0.1, -0.05) is 48.5 Å². The molecule has 0 fully saturated rings. The molecule has 0 atom stereocenters. The number of unbranched alkanes of at least 4 members (excludes halogenated alkanes) is 1. The summed E-state index contributed by atoms with van der Waals surface area (Å²) < 4.78 is 10.5. The zero-order chi connectivity index (χ0) is 27.7. The van der Waals surface area contributed by atoms with E-state index in [1.807, 2.05) is 36.4 Å². The lowest BCUT2D eigenvalue weighted by Crippen LogP contribution is -2.24. The number of carbonyl (C=O) groups is 1. The predicted octanol–water partition coefficient (Wildman–Crippen LogP) is 6.81. The smallest absolute Gasteiger partial charge is 0.251 e. The van der Waals surface area contributed by atoms with Crippen molar-refractivity contribution in [3.63, 3.8) is 0 Å². The molecule has 0 aliphatic rings. The number of nitrogens with zero attached hydrogens (tertiary/aromatic N) is 2. The van der Waals surface area contributed by atoms with E-state index in [0.717, 1.165) is 52.8 Å². The first-order valence-corrected chi connectivity index (χ1v) is 13.3. The summed E-state index contributed by atoms with van der Waals surface area (Å²) in [5, 5.41) is 7.38. The SMILES string of the molecule is COc1ccc(C(=O)NCCCCc2cccc(-c3ccc4ncnc(Nc5ccccc5)c4c3)c2)cc1OC. The molecule has 1 amide bonds. The molecule has 2 N–H and O–H groups in total. The fourth-order valence-corrected chi connectivity index (χ4v) is 4.64. The van der Waals surface area contributed by atoms with Gasteiger partial charge in [-0.25, -0.2) is 9.97 Å². The maximum absolute atomic E-state index is 12.5. The van der Waals surface area contributed by atoms with Crippen LogP contribution in [0, 0.1) is 0 Å². The second-order valence-corrected chi connectivity index (χ2v) is 9.43. The molecule has 0 aliphatic heterocycles. The normalized spacial score (nSPS) is 10.8. The quantitative estimate of drug-likeness (QED) is 0.182. The van der Waals surface area contributed by atoms with Crippen molar-refractivity contribution in [2.45, 2.75) is 19.3 Å². The van der Waals surface area contributed by atoms with Gasteiger partial charge in [-0.05, 0) is 78.4 Å². The number of nitrogens with one attached hydrogen (secondary N) is 2. The Balaban J connectivity index is 1.19. The van der Waals surface area contributed by atoms with Crippen LogP contribution in [0.2, 0.25) is 0 Å². The number of anilines is 2. The minimum Gasteiger partial charge on any atom is -0.493 e. The van der Waals surface area contributed by atoms with Gasteiger partial charge in [0.25, 0.3) is 5.91 Å². The molecule has 0 spiro atoms. The van der Waals surface area contributed by atoms with E-state index in [1.165, 1.54) is 5.56 Å². The molecule has 5 aromatic rings. The summed E-state index contributed by atoms with van der Waals surface area (Å²) in [4.78, 5) is 21.5. The van der Waals surface area contributed by atoms with Gasteiger partial charge < -0.3 is 20.1 Å². The molecule has 202 valence electrons. The number of ether oxygens (including phenoxy) is 2. The largest absolute Gasteiger partial charge is 0.493 e. The Morgan fingerprint density at radius 3 is 2.42 bits per heavy atom. The summed E-state index contributed by atoms with van der Waals surface area (Å²) in [5.74, 6) is 1.80. The first-order valence-electron chi connectivity index (χ1n) is 13.3. The minimum atomic E-state index is -0.121. The third kappa shape index (κ3) is 6.38. The number of amides is 1. The number of aryl methyl sites for hydroxylation is 1. The van der Waals surface area contributed by atoms with Gasteiger partial charge in [0, 0.05) is 23.2 Å². The number of hydrogen-bond acceptors (Lipinski definition) is 6. The Hall–Kier alpha value is -4.91. The topological polar surface area (TPSA) is 85.4 Å². The Kier molecular flexibility index (Phi) is 8.51. The van der Waals surface area contributed by atoms with Crippen LogP contribution >= 0.6 is 0 Å². The van der Waals surface area contributed by atoms with Crippen molar-refractivity contribution < 1.29 is 14.3 Å². The highest BCUT2D eigenvalue weighted by Gasteiger charge is 2.11. The average molecular weight is 533 g/mol. The third-order valence-corrected chi connectivity index (χ3v) is 6.76. The molecule has 7 heteroatoms. The number of benzene rings is 4. The van der Waals surface area contributed by atoms with Crippen LogP contribution in [-0.4, -0.2) is 36.6 Å². The van der Waals surface area contributed by atoms with Gasteiger partial charge in [0.05, 0.1) is 19.7 Å². The highest BCUT2D eigenvalue weighted by Crippen LogP contribution is 2.30. The molecule has 5 rings (SSSR count). The van der Waals surface area contributed by atoms with Gasteiger partial charge in [-0.3, -0.25) is 4.79 Å². The van der Waals surface area contributed by atoms with E-state index in [1.54, 1.807) is 38.7 Å². The van der Waals surface area contributed by atoms with Gasteiger partial charge in [0.2, 0.25) is 0 Å². The Labute approximate surface area is 234 Å². The van der Waals surface area contributed by atoms with Crippen LogP contribution < -0.4 is 20.1 Å². The van der Waals surface area contributed by atoms with E-state index in [2.05, 4.69) is 57.0 Å². The number of para-hydroxylation sites is 1. The molecular weight excluding hydrogens is 500 g/mol. The van der Waals surface area contributed by atoms with Crippen molar-refractivity contribution in [3.05, 3.63) is 108 Å². The second-order valence-electron chi connectivity index (χ2n) is 9.43. The molecule has 4 aromatic carbocycles. The van der Waals surface area contributed by atoms with Crippen LogP contribution in [-0.2, 0) is 6.42 Å². The van der Waals surface area contributed by atoms with Crippen LogP contribution in [0.1, 0.15) is 28.8 Å². The van der Waals surface area contributed by atoms with Crippen LogP contribution in [0.25, 0.3) is 22.0 Å². The van der Waals surface area contributed by atoms with Crippen molar-refractivity contribution in [1.29, 1.82) is 0 Å². The number of carbonyl (C=O) groups excluding carboxylic acids is 1. The molecule has 0 radical (unpaired) electrons. The first kappa shape index (κ1) is 26.7. The summed E-state index contributed by atoms with van der Waals surface area (Å²) >= 11 is 0. The van der Waals surface area contributed by atoms with E-state index in [4.69, 9.17) is 9.47 Å². The molecular formula is C33H32N4O3. The molecule has 0 bridgehead atoms. The number of hydrogen-bond donors (Lipinski definition) is 2. The fourth-order valence-electron chi connectivity index (χ4n) is 4.64. The van der Waals surface area contributed by atoms with Gasteiger partial charge in [0.15, 0.2) is 11.5 Å². The summed E-state index contributed by atoms with van der Waals surface area (Å²) in [6, 6.07) is 30.1. The van der Waals surface area contributed by atoms with E-state index in [9.17, 15) is 4.79 Å². The Morgan fingerprint density at radius 1 is 0.775 bits per heavy atom. The number of aromatic nitrogens is 2. The summed E-state index contributed by atoms with van der Waals surface area (Å²) in [7, 11) is 3.13. The number of fused-ring (bicyclic) bond motifs is 1. The van der Waals surface area contributed by atoms with Crippen molar-refractivity contribution >= 4 is 28.3 Å². The molecule has 0 saturated carbocycles. The summed E-state index contributed by atoms with van der Waals surface area (Å²) in [6.45, 7) is 0.606. The molecule has 1 heterocycles. The van der Waals surface area contributed by atoms with E-state index in [-0.39, 0.29) is 5.91 Å². The monoisotopic (exact) mass is 532 g/mol. The zero-order valence-electron chi connectivity index (χ0n) is 22.7. The van der Waals surface area contributed by atoms with Crippen molar-refractivity contribution in [2.24, 2.45) is 0 Å². The molecule has 7 nitrogen and oxygen atoms in total. The van der Waals surface area contributed by atoms with E-state index < -0.39 is 0 Å². The molecule has 0 aliphatic carbocycles. The lowest BCUT2D eigenvalue weighted by Gasteiger charge is -2.11. The number of methoxy groups -OCH3 is 2. The molecule has 0 unspecified atom stereocenters. The van der Waals surface area contributed by atoms with Gasteiger partial charge in [-0.15, -0.1) is 0 Å². The van der Waals surface area contributed by atoms with Crippen LogP contribution in [0.3, 0.4) is 0 Å². The van der Waals surface area contributed by atoms with Crippen molar-refractivity contribution in [1.82, 2.24) is 15.3 Å². The Bertz CT molecular complexity index is 1600. The second kappa shape index (κ2) is 12.8. The van der Waals surface area contributed by atoms with Gasteiger partial charge in [-0.2, -0.15) is 0 Å². The molecule has 40 heavy (non-hydrogen) atoms. The minimum absolute atomic E-state index is 0.121. The van der Waals surface area contributed by atoms with Crippen molar-refractivity contribution in [3.8, 4) is 22.6 Å². The first-order chi connectivity index (χ1) is 19.6. The number of rotatable bonds is 11. The van der Waals surface area contributed by atoms with Crippen LogP contribution in [0.5, 0.6) is 11.5 Å². The van der Waals surface area contributed by atoms with Crippen LogP contribution in [0.4, 0.5) is 11.5 Å². The molecule has 0 saturated heterocycles. The Morgan fingerprint density at radius 2 is 1.60 bits per heavy atom. The van der Waals surface area contributed by atoms with Crippen LogP contribution in [0.15, 0.2) is 97.3 Å². The highest BCUT2D eigenvalue weighted by molar-refractivity contribution is 5.95. The standard InChI is InChI=1S/C33H32N4O3/c1-39-30-17-15-26(21-31(30)40-2)33(38)34-18-7-6-9-23-10-8-11-24(19-23)25-14-16-29-28(20-25)32(36-22-35-29)37-27-12-4-3-5-13-27/h3-5,8,10-17,19-22H,6-7,9,18H2,1-2H3,(H,34,38)(H,35,36,37).